The summed E-state index contributed by atoms with van der Waals surface area (Å²) in [6, 6.07) is 0. The van der Waals surface area contributed by atoms with Crippen molar-refractivity contribution in [2.24, 2.45) is 5.92 Å². The third-order valence-electron chi connectivity index (χ3n) is 1.89. The Morgan fingerprint density at radius 3 is 2.18 bits per heavy atom. The maximum atomic E-state index is 5.60. The third-order valence-corrected chi connectivity index (χ3v) is 1.89. The fourth-order valence-electron chi connectivity index (χ4n) is 0.934. The Bertz CT molecular complexity index is 170. The standard InChI is InChI=1S/C9H16O2/c1-6(2)8-10-7(3)9(4,5)11-8/h6,8H,3H2,1-2,4-5H3. The second-order valence-electron chi connectivity index (χ2n) is 3.78. The van der Waals surface area contributed by atoms with E-state index in [0.717, 1.165) is 5.76 Å². The molecule has 1 aliphatic heterocycles. The van der Waals surface area contributed by atoms with E-state index in [1.807, 2.05) is 13.8 Å². The molecule has 1 unspecified atom stereocenters. The summed E-state index contributed by atoms with van der Waals surface area (Å²) >= 11 is 0. The van der Waals surface area contributed by atoms with Gasteiger partial charge in [-0.05, 0) is 13.8 Å². The van der Waals surface area contributed by atoms with Gasteiger partial charge in [0, 0.05) is 5.92 Å². The summed E-state index contributed by atoms with van der Waals surface area (Å²) in [5.74, 6) is 1.12. The number of ether oxygens (including phenoxy) is 2. The molecule has 0 aromatic heterocycles. The van der Waals surface area contributed by atoms with Crippen molar-refractivity contribution in [1.29, 1.82) is 0 Å². The molecule has 1 atom stereocenters. The summed E-state index contributed by atoms with van der Waals surface area (Å²) in [4.78, 5) is 0. The van der Waals surface area contributed by atoms with Gasteiger partial charge in [-0.15, -0.1) is 0 Å². The minimum atomic E-state index is -0.311. The summed E-state index contributed by atoms with van der Waals surface area (Å²) in [7, 11) is 0. The average molecular weight is 156 g/mol. The molecular weight excluding hydrogens is 140 g/mol. The molecule has 0 radical (unpaired) electrons. The van der Waals surface area contributed by atoms with Crippen LogP contribution in [0.1, 0.15) is 27.7 Å². The van der Waals surface area contributed by atoms with Crippen molar-refractivity contribution in [1.82, 2.24) is 0 Å². The Morgan fingerprint density at radius 1 is 1.45 bits per heavy atom. The highest BCUT2D eigenvalue weighted by molar-refractivity contribution is 5.05. The van der Waals surface area contributed by atoms with E-state index in [4.69, 9.17) is 9.47 Å². The number of hydrogen-bond donors (Lipinski definition) is 0. The van der Waals surface area contributed by atoms with Crippen molar-refractivity contribution >= 4 is 0 Å². The molecule has 1 aliphatic rings. The summed E-state index contributed by atoms with van der Waals surface area (Å²) < 4.78 is 11.0. The Balaban J connectivity index is 2.65. The van der Waals surface area contributed by atoms with Gasteiger partial charge in [-0.2, -0.15) is 0 Å². The van der Waals surface area contributed by atoms with Crippen LogP contribution in [0, 0.1) is 5.92 Å². The van der Waals surface area contributed by atoms with E-state index in [2.05, 4.69) is 20.4 Å². The molecule has 2 nitrogen and oxygen atoms in total. The van der Waals surface area contributed by atoms with E-state index < -0.39 is 0 Å². The van der Waals surface area contributed by atoms with E-state index in [9.17, 15) is 0 Å². The minimum Gasteiger partial charge on any atom is -0.467 e. The van der Waals surface area contributed by atoms with Crippen LogP contribution in [-0.2, 0) is 9.47 Å². The van der Waals surface area contributed by atoms with Crippen LogP contribution in [0.2, 0.25) is 0 Å². The molecule has 0 aromatic rings. The largest absolute Gasteiger partial charge is 0.467 e. The zero-order chi connectivity index (χ0) is 8.65. The van der Waals surface area contributed by atoms with Crippen molar-refractivity contribution in [2.75, 3.05) is 0 Å². The highest BCUT2D eigenvalue weighted by Gasteiger charge is 2.38. The maximum absolute atomic E-state index is 5.60. The van der Waals surface area contributed by atoms with Crippen LogP contribution >= 0.6 is 0 Å². The van der Waals surface area contributed by atoms with Crippen LogP contribution in [0.25, 0.3) is 0 Å². The maximum Gasteiger partial charge on any atom is 0.202 e. The van der Waals surface area contributed by atoms with E-state index in [-0.39, 0.29) is 11.9 Å². The topological polar surface area (TPSA) is 18.5 Å². The zero-order valence-corrected chi connectivity index (χ0v) is 7.68. The smallest absolute Gasteiger partial charge is 0.202 e. The lowest BCUT2D eigenvalue weighted by atomic mass is 10.1. The molecule has 11 heavy (non-hydrogen) atoms. The second kappa shape index (κ2) is 2.52. The predicted octanol–water partition coefficient (Wildman–Crippen LogP) is 2.31. The van der Waals surface area contributed by atoms with Gasteiger partial charge < -0.3 is 9.47 Å². The van der Waals surface area contributed by atoms with Gasteiger partial charge in [0.15, 0.2) is 0 Å². The van der Waals surface area contributed by atoms with Gasteiger partial charge in [0.2, 0.25) is 6.29 Å². The predicted molar refractivity (Wildman–Crippen MR) is 44.0 cm³/mol. The lowest BCUT2D eigenvalue weighted by Gasteiger charge is -2.16. The van der Waals surface area contributed by atoms with Crippen LogP contribution in [0.4, 0.5) is 0 Å². The summed E-state index contributed by atoms with van der Waals surface area (Å²) in [6.45, 7) is 11.9. The van der Waals surface area contributed by atoms with Crippen LogP contribution in [0.5, 0.6) is 0 Å². The van der Waals surface area contributed by atoms with Gasteiger partial charge in [-0.1, -0.05) is 20.4 Å². The van der Waals surface area contributed by atoms with Gasteiger partial charge in [0.05, 0.1) is 0 Å². The number of hydrogen-bond acceptors (Lipinski definition) is 2. The Kier molecular flexibility index (Phi) is 1.97. The molecule has 1 rings (SSSR count). The molecule has 64 valence electrons. The molecule has 0 saturated carbocycles. The molecule has 1 fully saturated rings. The average Bonchev–Trinajstić information content (AvgIpc) is 2.08. The molecule has 1 saturated heterocycles. The Labute approximate surface area is 68.2 Å². The van der Waals surface area contributed by atoms with Crippen LogP contribution in [0.3, 0.4) is 0 Å². The highest BCUT2D eigenvalue weighted by atomic mass is 16.7. The molecule has 0 N–H and O–H groups in total. The Morgan fingerprint density at radius 2 is 2.00 bits per heavy atom. The molecule has 0 bridgehead atoms. The first-order valence-electron chi connectivity index (χ1n) is 3.97. The Hall–Kier alpha value is -0.500. The van der Waals surface area contributed by atoms with E-state index >= 15 is 0 Å². The van der Waals surface area contributed by atoms with Crippen molar-refractivity contribution in [3.63, 3.8) is 0 Å². The molecule has 0 amide bonds. The fourth-order valence-corrected chi connectivity index (χ4v) is 0.934. The van der Waals surface area contributed by atoms with Gasteiger partial charge in [0.25, 0.3) is 0 Å². The van der Waals surface area contributed by atoms with E-state index in [0.29, 0.717) is 5.92 Å². The van der Waals surface area contributed by atoms with Crippen LogP contribution in [0.15, 0.2) is 12.3 Å². The molecule has 0 aliphatic carbocycles. The molecule has 1 heterocycles. The van der Waals surface area contributed by atoms with Crippen molar-refractivity contribution in [3.05, 3.63) is 12.3 Å². The highest BCUT2D eigenvalue weighted by Crippen LogP contribution is 2.33. The number of rotatable bonds is 1. The van der Waals surface area contributed by atoms with E-state index in [1.54, 1.807) is 0 Å². The van der Waals surface area contributed by atoms with Crippen molar-refractivity contribution in [3.8, 4) is 0 Å². The lowest BCUT2D eigenvalue weighted by Crippen LogP contribution is -2.23. The molecule has 0 spiro atoms. The first kappa shape index (κ1) is 8.60. The van der Waals surface area contributed by atoms with Crippen LogP contribution < -0.4 is 0 Å². The monoisotopic (exact) mass is 156 g/mol. The molecule has 2 heteroatoms. The van der Waals surface area contributed by atoms with Gasteiger partial charge in [-0.25, -0.2) is 0 Å². The minimum absolute atomic E-state index is 0.113. The lowest BCUT2D eigenvalue weighted by molar-refractivity contribution is -0.103. The SMILES string of the molecule is C=C1OC(C(C)C)OC1(C)C. The first-order valence-corrected chi connectivity index (χ1v) is 3.97. The third kappa shape index (κ3) is 1.56. The van der Waals surface area contributed by atoms with Gasteiger partial charge >= 0.3 is 0 Å². The summed E-state index contributed by atoms with van der Waals surface area (Å²) in [6.07, 6.45) is -0.113. The van der Waals surface area contributed by atoms with Crippen LogP contribution in [-0.4, -0.2) is 11.9 Å². The summed E-state index contributed by atoms with van der Waals surface area (Å²) in [5, 5.41) is 0. The zero-order valence-electron chi connectivity index (χ0n) is 7.68. The fraction of sp³-hybridized carbons (Fsp3) is 0.778. The van der Waals surface area contributed by atoms with Crippen molar-refractivity contribution in [2.45, 2.75) is 39.6 Å². The second-order valence-corrected chi connectivity index (χ2v) is 3.78. The molecule has 0 aromatic carbocycles. The molecular formula is C9H16O2. The van der Waals surface area contributed by atoms with Gasteiger partial charge in [0.1, 0.15) is 11.4 Å². The summed E-state index contributed by atoms with van der Waals surface area (Å²) in [5.41, 5.74) is -0.311. The first-order chi connectivity index (χ1) is 4.93. The van der Waals surface area contributed by atoms with Crippen molar-refractivity contribution < 1.29 is 9.47 Å². The normalized spacial score (nSPS) is 29.2. The quantitative estimate of drug-likeness (QED) is 0.580. The van der Waals surface area contributed by atoms with Gasteiger partial charge in [-0.3, -0.25) is 0 Å². The van der Waals surface area contributed by atoms with E-state index in [1.165, 1.54) is 0 Å².